The third-order valence-electron chi connectivity index (χ3n) is 2.76. The van der Waals surface area contributed by atoms with Gasteiger partial charge in [0.05, 0.1) is 0 Å². The van der Waals surface area contributed by atoms with E-state index in [-0.39, 0.29) is 41.5 Å². The SMILES string of the molecule is O=C1CCN(S(=O)(=O)c2cc(C(=O)O)oc2Br)CCN1. The third kappa shape index (κ3) is 2.86. The Morgan fingerprint density at radius 3 is 2.75 bits per heavy atom. The highest BCUT2D eigenvalue weighted by Gasteiger charge is 2.31. The van der Waals surface area contributed by atoms with Gasteiger partial charge >= 0.3 is 5.97 Å². The molecule has 0 aliphatic carbocycles. The van der Waals surface area contributed by atoms with E-state index in [1.54, 1.807) is 0 Å². The quantitative estimate of drug-likeness (QED) is 0.791. The zero-order valence-electron chi connectivity index (χ0n) is 10.1. The van der Waals surface area contributed by atoms with Crippen LogP contribution in [0.15, 0.2) is 20.0 Å². The number of carboxylic acids is 1. The fourth-order valence-corrected chi connectivity index (χ4v) is 4.10. The van der Waals surface area contributed by atoms with Crippen molar-refractivity contribution in [1.29, 1.82) is 0 Å². The van der Waals surface area contributed by atoms with E-state index in [2.05, 4.69) is 21.2 Å². The number of carbonyl (C=O) groups excluding carboxylic acids is 1. The molecular weight excluding hydrogens is 356 g/mol. The first kappa shape index (κ1) is 15.0. The van der Waals surface area contributed by atoms with E-state index in [1.165, 1.54) is 0 Å². The van der Waals surface area contributed by atoms with Crippen molar-refractivity contribution in [3.05, 3.63) is 16.5 Å². The molecule has 0 aromatic carbocycles. The predicted octanol–water partition coefficient (Wildman–Crippen LogP) is 0.251. The number of carboxylic acid groups (broad SMARTS) is 1. The van der Waals surface area contributed by atoms with Crippen molar-refractivity contribution in [3.63, 3.8) is 0 Å². The van der Waals surface area contributed by atoms with Gasteiger partial charge in [0.1, 0.15) is 4.90 Å². The summed E-state index contributed by atoms with van der Waals surface area (Å²) in [5.74, 6) is -2.06. The molecule has 0 saturated carbocycles. The summed E-state index contributed by atoms with van der Waals surface area (Å²) < 4.78 is 30.6. The predicted molar refractivity (Wildman–Crippen MR) is 69.8 cm³/mol. The lowest BCUT2D eigenvalue weighted by molar-refractivity contribution is -0.120. The van der Waals surface area contributed by atoms with Crippen molar-refractivity contribution in [2.75, 3.05) is 19.6 Å². The van der Waals surface area contributed by atoms with Gasteiger partial charge in [-0.3, -0.25) is 4.79 Å². The summed E-state index contributed by atoms with van der Waals surface area (Å²) in [6.45, 7) is 0.363. The maximum absolute atomic E-state index is 12.4. The second-order valence-corrected chi connectivity index (χ2v) is 6.68. The Morgan fingerprint density at radius 2 is 2.15 bits per heavy atom. The van der Waals surface area contributed by atoms with Crippen molar-refractivity contribution in [3.8, 4) is 0 Å². The minimum atomic E-state index is -3.91. The van der Waals surface area contributed by atoms with Gasteiger partial charge in [0, 0.05) is 32.1 Å². The topological polar surface area (TPSA) is 117 Å². The Kier molecular flexibility index (Phi) is 4.16. The number of nitrogens with zero attached hydrogens (tertiary/aromatic N) is 1. The first-order valence-electron chi connectivity index (χ1n) is 5.62. The highest BCUT2D eigenvalue weighted by atomic mass is 79.9. The van der Waals surface area contributed by atoms with Crippen LogP contribution in [0.25, 0.3) is 0 Å². The molecule has 1 saturated heterocycles. The van der Waals surface area contributed by atoms with Crippen LogP contribution in [0.4, 0.5) is 0 Å². The summed E-state index contributed by atoms with van der Waals surface area (Å²) >= 11 is 2.90. The number of hydrogen-bond donors (Lipinski definition) is 2. The number of nitrogens with one attached hydrogen (secondary N) is 1. The fraction of sp³-hybridized carbons (Fsp3) is 0.400. The normalized spacial score (nSPS) is 17.6. The molecule has 1 amide bonds. The smallest absolute Gasteiger partial charge is 0.371 e. The lowest BCUT2D eigenvalue weighted by atomic mass is 10.4. The molecule has 0 spiro atoms. The molecule has 0 atom stereocenters. The molecule has 1 aromatic rings. The molecule has 20 heavy (non-hydrogen) atoms. The molecule has 8 nitrogen and oxygen atoms in total. The van der Waals surface area contributed by atoms with Crippen LogP contribution in [0.2, 0.25) is 0 Å². The second-order valence-electron chi connectivity index (χ2n) is 4.06. The van der Waals surface area contributed by atoms with Gasteiger partial charge < -0.3 is 14.8 Å². The van der Waals surface area contributed by atoms with Crippen molar-refractivity contribution >= 4 is 37.8 Å². The maximum Gasteiger partial charge on any atom is 0.371 e. The molecule has 0 radical (unpaired) electrons. The van der Waals surface area contributed by atoms with E-state index in [1.807, 2.05) is 0 Å². The van der Waals surface area contributed by atoms with E-state index in [4.69, 9.17) is 9.52 Å². The molecule has 1 fully saturated rings. The first-order chi connectivity index (χ1) is 9.32. The van der Waals surface area contributed by atoms with Gasteiger partial charge in [-0.1, -0.05) is 0 Å². The number of halogens is 1. The summed E-state index contributed by atoms with van der Waals surface area (Å²) in [6, 6.07) is 0.946. The van der Waals surface area contributed by atoms with Crippen LogP contribution >= 0.6 is 15.9 Å². The highest BCUT2D eigenvalue weighted by molar-refractivity contribution is 9.10. The van der Waals surface area contributed by atoms with Gasteiger partial charge in [-0.05, 0) is 15.9 Å². The first-order valence-corrected chi connectivity index (χ1v) is 7.85. The van der Waals surface area contributed by atoms with Crippen molar-refractivity contribution < 1.29 is 27.5 Å². The summed E-state index contributed by atoms with van der Waals surface area (Å²) in [5.41, 5.74) is 0. The largest absolute Gasteiger partial charge is 0.475 e. The number of amides is 1. The number of furan rings is 1. The van der Waals surface area contributed by atoms with E-state index in [0.29, 0.717) is 0 Å². The molecule has 2 heterocycles. The van der Waals surface area contributed by atoms with Crippen molar-refractivity contribution in [2.24, 2.45) is 0 Å². The number of hydrogen-bond acceptors (Lipinski definition) is 5. The lowest BCUT2D eigenvalue weighted by Gasteiger charge is -2.18. The number of rotatable bonds is 3. The Morgan fingerprint density at radius 1 is 1.45 bits per heavy atom. The molecular formula is C10H11BrN2O6S. The second kappa shape index (κ2) is 5.54. The lowest BCUT2D eigenvalue weighted by Crippen LogP contribution is -2.34. The average Bonchev–Trinajstić information content (AvgIpc) is 2.62. The summed E-state index contributed by atoms with van der Waals surface area (Å²) in [5, 5.41) is 11.4. The van der Waals surface area contributed by atoms with E-state index in [9.17, 15) is 18.0 Å². The molecule has 10 heteroatoms. The molecule has 2 rings (SSSR count). The van der Waals surface area contributed by atoms with Crippen LogP contribution in [0.1, 0.15) is 17.0 Å². The Bertz CT molecular complexity index is 653. The van der Waals surface area contributed by atoms with Crippen LogP contribution < -0.4 is 5.32 Å². The zero-order valence-corrected chi connectivity index (χ0v) is 12.5. The minimum Gasteiger partial charge on any atom is -0.475 e. The van der Waals surface area contributed by atoms with Crippen molar-refractivity contribution in [1.82, 2.24) is 9.62 Å². The summed E-state index contributed by atoms with van der Waals surface area (Å²) in [7, 11) is -3.91. The Balaban J connectivity index is 2.34. The number of aromatic carboxylic acids is 1. The van der Waals surface area contributed by atoms with E-state index >= 15 is 0 Å². The van der Waals surface area contributed by atoms with Crippen molar-refractivity contribution in [2.45, 2.75) is 11.3 Å². The van der Waals surface area contributed by atoms with Gasteiger partial charge in [0.25, 0.3) is 0 Å². The fourth-order valence-electron chi connectivity index (χ4n) is 1.76. The van der Waals surface area contributed by atoms with Crippen LogP contribution in [-0.4, -0.2) is 49.3 Å². The number of sulfonamides is 1. The summed E-state index contributed by atoms with van der Waals surface area (Å²) in [6.07, 6.45) is 0.0560. The average molecular weight is 367 g/mol. The van der Waals surface area contributed by atoms with Crippen LogP contribution in [0.5, 0.6) is 0 Å². The van der Waals surface area contributed by atoms with E-state index in [0.717, 1.165) is 10.4 Å². The van der Waals surface area contributed by atoms with Crippen LogP contribution in [-0.2, 0) is 14.8 Å². The molecule has 0 unspecified atom stereocenters. The molecule has 1 aliphatic heterocycles. The minimum absolute atomic E-state index is 0.0359. The van der Waals surface area contributed by atoms with Gasteiger partial charge in [-0.2, -0.15) is 4.31 Å². The van der Waals surface area contributed by atoms with Gasteiger partial charge in [0.15, 0.2) is 4.67 Å². The third-order valence-corrected chi connectivity index (χ3v) is 5.51. The number of carbonyl (C=O) groups is 2. The maximum atomic E-state index is 12.4. The zero-order chi connectivity index (χ0) is 14.9. The standard InChI is InChI=1S/C10H11BrN2O6S/c11-9-7(5-6(19-9)10(15)16)20(17,18)13-3-1-8(14)12-2-4-13/h5H,1-4H2,(H,12,14)(H,15,16). The van der Waals surface area contributed by atoms with Gasteiger partial charge in [-0.25, -0.2) is 13.2 Å². The Hall–Kier alpha value is -1.39. The van der Waals surface area contributed by atoms with Gasteiger partial charge in [0.2, 0.25) is 21.7 Å². The molecule has 0 bridgehead atoms. The molecule has 1 aromatic heterocycles. The highest BCUT2D eigenvalue weighted by Crippen LogP contribution is 2.29. The molecule has 1 aliphatic rings. The summed E-state index contributed by atoms with van der Waals surface area (Å²) in [4.78, 5) is 21.7. The van der Waals surface area contributed by atoms with Crippen LogP contribution in [0, 0.1) is 0 Å². The van der Waals surface area contributed by atoms with Crippen LogP contribution in [0.3, 0.4) is 0 Å². The molecule has 110 valence electrons. The molecule has 2 N–H and O–H groups in total. The monoisotopic (exact) mass is 366 g/mol. The Labute approximate surface area is 122 Å². The van der Waals surface area contributed by atoms with Gasteiger partial charge in [-0.15, -0.1) is 0 Å². The van der Waals surface area contributed by atoms with E-state index < -0.39 is 21.8 Å².